The van der Waals surface area contributed by atoms with Gasteiger partial charge in [0, 0.05) is 56.0 Å². The Labute approximate surface area is 202 Å². The van der Waals surface area contributed by atoms with E-state index < -0.39 is 0 Å². The molecule has 1 N–H and O–H groups in total. The monoisotopic (exact) mass is 470 g/mol. The Morgan fingerprint density at radius 2 is 1.94 bits per heavy atom. The van der Waals surface area contributed by atoms with Gasteiger partial charge in [0.15, 0.2) is 5.78 Å². The molecule has 5 nitrogen and oxygen atoms in total. The van der Waals surface area contributed by atoms with Crippen molar-refractivity contribution in [3.63, 3.8) is 0 Å². The highest BCUT2D eigenvalue weighted by Gasteiger charge is 2.13. The molecule has 0 saturated heterocycles. The SMILES string of the molecule is C=c1cc(C)c(C(=O)NCCOC)c/c1=C/N(C)CC(CC)CCC(=O)c1ccc(Cl)cc1. The lowest BCUT2D eigenvalue weighted by atomic mass is 9.96. The van der Waals surface area contributed by atoms with Crippen molar-refractivity contribution in [1.82, 2.24) is 10.2 Å². The maximum atomic E-state index is 12.5. The third-order valence-corrected chi connectivity index (χ3v) is 6.00. The molecule has 2 aromatic rings. The first-order chi connectivity index (χ1) is 15.7. The summed E-state index contributed by atoms with van der Waals surface area (Å²) in [6.07, 6.45) is 4.32. The van der Waals surface area contributed by atoms with Crippen LogP contribution in [-0.4, -0.2) is 50.4 Å². The third kappa shape index (κ3) is 8.34. The van der Waals surface area contributed by atoms with Crippen LogP contribution >= 0.6 is 11.6 Å². The second-order valence-electron chi connectivity index (χ2n) is 8.43. The lowest BCUT2D eigenvalue weighted by Crippen LogP contribution is -2.33. The highest BCUT2D eigenvalue weighted by atomic mass is 35.5. The van der Waals surface area contributed by atoms with E-state index in [4.69, 9.17) is 16.3 Å². The Bertz CT molecular complexity index is 1050. The number of amides is 1. The fourth-order valence-corrected chi connectivity index (χ4v) is 3.87. The molecule has 0 heterocycles. The van der Waals surface area contributed by atoms with Crippen LogP contribution in [0.15, 0.2) is 36.4 Å². The Balaban J connectivity index is 2.06. The summed E-state index contributed by atoms with van der Waals surface area (Å²) in [6.45, 7) is 9.95. The number of benzene rings is 2. The number of carbonyl (C=O) groups excluding carboxylic acids is 2. The predicted molar refractivity (Wildman–Crippen MR) is 136 cm³/mol. The molecule has 6 heteroatoms. The van der Waals surface area contributed by atoms with E-state index in [1.165, 1.54) is 0 Å². The van der Waals surface area contributed by atoms with E-state index in [2.05, 4.69) is 23.7 Å². The van der Waals surface area contributed by atoms with Crippen LogP contribution in [0.25, 0.3) is 12.8 Å². The molecule has 1 atom stereocenters. The summed E-state index contributed by atoms with van der Waals surface area (Å²) in [4.78, 5) is 27.2. The van der Waals surface area contributed by atoms with Crippen molar-refractivity contribution >= 4 is 36.1 Å². The van der Waals surface area contributed by atoms with E-state index in [1.807, 2.05) is 32.3 Å². The first-order valence-corrected chi connectivity index (χ1v) is 11.7. The summed E-state index contributed by atoms with van der Waals surface area (Å²) < 4.78 is 5.00. The number of ketones is 1. The fourth-order valence-electron chi connectivity index (χ4n) is 3.75. The van der Waals surface area contributed by atoms with Crippen molar-refractivity contribution in [2.45, 2.75) is 33.1 Å². The van der Waals surface area contributed by atoms with Gasteiger partial charge in [-0.1, -0.05) is 37.6 Å². The lowest BCUT2D eigenvalue weighted by molar-refractivity contribution is 0.0935. The molecule has 0 spiro atoms. The van der Waals surface area contributed by atoms with Crippen molar-refractivity contribution in [2.75, 3.05) is 33.9 Å². The number of hydrogen-bond acceptors (Lipinski definition) is 4. The molecular formula is C27H35ClN2O3. The zero-order valence-corrected chi connectivity index (χ0v) is 20.9. The number of ether oxygens (including phenoxy) is 1. The normalized spacial score (nSPS) is 12.5. The quantitative estimate of drug-likeness (QED) is 0.378. The van der Waals surface area contributed by atoms with Crippen LogP contribution in [0.4, 0.5) is 0 Å². The van der Waals surface area contributed by atoms with Crippen molar-refractivity contribution < 1.29 is 14.3 Å². The largest absolute Gasteiger partial charge is 0.383 e. The van der Waals surface area contributed by atoms with E-state index >= 15 is 0 Å². The van der Waals surface area contributed by atoms with Gasteiger partial charge in [-0.15, -0.1) is 0 Å². The molecule has 0 radical (unpaired) electrons. The highest BCUT2D eigenvalue weighted by molar-refractivity contribution is 6.30. The number of Topliss-reactive ketones (excluding diaryl/α,β-unsaturated/α-hetero) is 1. The van der Waals surface area contributed by atoms with Gasteiger partial charge < -0.3 is 15.0 Å². The average molecular weight is 471 g/mol. The molecule has 33 heavy (non-hydrogen) atoms. The van der Waals surface area contributed by atoms with Crippen LogP contribution in [0.1, 0.15) is 52.5 Å². The number of nitrogens with zero attached hydrogens (tertiary/aromatic N) is 1. The summed E-state index contributed by atoms with van der Waals surface area (Å²) in [5.41, 5.74) is 2.23. The Morgan fingerprint density at radius 3 is 2.58 bits per heavy atom. The van der Waals surface area contributed by atoms with Gasteiger partial charge in [-0.05, 0) is 65.6 Å². The van der Waals surface area contributed by atoms with Gasteiger partial charge in [0.2, 0.25) is 0 Å². The van der Waals surface area contributed by atoms with Gasteiger partial charge in [0.25, 0.3) is 5.91 Å². The van der Waals surface area contributed by atoms with Crippen LogP contribution in [0.2, 0.25) is 5.02 Å². The number of carbonyl (C=O) groups is 2. The first kappa shape index (κ1) is 26.6. The molecule has 0 aliphatic heterocycles. The molecule has 2 rings (SSSR count). The van der Waals surface area contributed by atoms with Crippen LogP contribution < -0.4 is 15.8 Å². The van der Waals surface area contributed by atoms with E-state index in [0.29, 0.717) is 41.6 Å². The molecule has 0 aliphatic carbocycles. The molecule has 1 amide bonds. The molecule has 0 fully saturated rings. The first-order valence-electron chi connectivity index (χ1n) is 11.3. The number of methoxy groups -OCH3 is 1. The van der Waals surface area contributed by atoms with E-state index in [0.717, 1.165) is 35.4 Å². The molecule has 2 aromatic carbocycles. The van der Waals surface area contributed by atoms with E-state index in [1.54, 1.807) is 31.4 Å². The molecule has 0 bridgehead atoms. The molecule has 0 saturated carbocycles. The van der Waals surface area contributed by atoms with E-state index in [-0.39, 0.29) is 11.7 Å². The van der Waals surface area contributed by atoms with Gasteiger partial charge >= 0.3 is 0 Å². The van der Waals surface area contributed by atoms with Crippen molar-refractivity contribution in [1.29, 1.82) is 0 Å². The predicted octanol–water partition coefficient (Wildman–Crippen LogP) is 3.79. The molecular weight excluding hydrogens is 436 g/mol. The van der Waals surface area contributed by atoms with Gasteiger partial charge in [0.1, 0.15) is 0 Å². The highest BCUT2D eigenvalue weighted by Crippen LogP contribution is 2.17. The van der Waals surface area contributed by atoms with Crippen molar-refractivity contribution in [3.05, 3.63) is 68.5 Å². The zero-order chi connectivity index (χ0) is 24.4. The number of hydrogen-bond donors (Lipinski definition) is 1. The van der Waals surface area contributed by atoms with Crippen LogP contribution in [0.5, 0.6) is 0 Å². The molecule has 178 valence electrons. The number of halogens is 1. The summed E-state index contributed by atoms with van der Waals surface area (Å²) in [5, 5.41) is 5.29. The minimum absolute atomic E-state index is 0.117. The minimum atomic E-state index is -0.117. The van der Waals surface area contributed by atoms with Gasteiger partial charge in [-0.3, -0.25) is 9.59 Å². The third-order valence-electron chi connectivity index (χ3n) is 5.75. The topological polar surface area (TPSA) is 58.6 Å². The minimum Gasteiger partial charge on any atom is -0.383 e. The summed E-state index contributed by atoms with van der Waals surface area (Å²) in [6, 6.07) is 10.9. The smallest absolute Gasteiger partial charge is 0.251 e. The van der Waals surface area contributed by atoms with Crippen LogP contribution in [0, 0.1) is 12.8 Å². The summed E-state index contributed by atoms with van der Waals surface area (Å²) in [5.74, 6) is 0.395. The van der Waals surface area contributed by atoms with Crippen molar-refractivity contribution in [2.24, 2.45) is 5.92 Å². The van der Waals surface area contributed by atoms with Crippen LogP contribution in [-0.2, 0) is 4.74 Å². The van der Waals surface area contributed by atoms with Crippen LogP contribution in [0.3, 0.4) is 0 Å². The van der Waals surface area contributed by atoms with Crippen molar-refractivity contribution in [3.8, 4) is 0 Å². The number of aryl methyl sites for hydroxylation is 1. The molecule has 0 aromatic heterocycles. The molecule has 0 aliphatic rings. The van der Waals surface area contributed by atoms with Gasteiger partial charge in [0.05, 0.1) is 6.61 Å². The standard InChI is InChI=1S/C27H35ClN2O3/c1-6-21(7-12-26(31)22-8-10-24(28)11-9-22)17-30(4)18-23-16-25(20(3)15-19(23)2)27(32)29-13-14-33-5/h8-11,15-16,18,21H,2,6-7,12-14,17H2,1,3-5H3,(H,29,32)/b23-18-. The second kappa shape index (κ2) is 13.2. The second-order valence-corrected chi connectivity index (χ2v) is 8.86. The Kier molecular flexibility index (Phi) is 10.6. The fraction of sp³-hybridized carbons (Fsp3) is 0.407. The maximum absolute atomic E-state index is 12.5. The van der Waals surface area contributed by atoms with Gasteiger partial charge in [-0.25, -0.2) is 0 Å². The number of rotatable bonds is 12. The Morgan fingerprint density at radius 1 is 1.24 bits per heavy atom. The lowest BCUT2D eigenvalue weighted by Gasteiger charge is -2.22. The number of nitrogens with one attached hydrogen (secondary N) is 1. The Hall–Kier alpha value is -2.63. The maximum Gasteiger partial charge on any atom is 0.251 e. The average Bonchev–Trinajstić information content (AvgIpc) is 2.78. The summed E-state index contributed by atoms with van der Waals surface area (Å²) >= 11 is 5.91. The van der Waals surface area contributed by atoms with Gasteiger partial charge in [-0.2, -0.15) is 0 Å². The zero-order valence-electron chi connectivity index (χ0n) is 20.1. The summed E-state index contributed by atoms with van der Waals surface area (Å²) in [7, 11) is 3.62. The van der Waals surface area contributed by atoms with E-state index in [9.17, 15) is 9.59 Å². The molecule has 1 unspecified atom stereocenters.